The molecule has 3 fully saturated rings. The SMILES string of the molecule is F.F.F.[S]C1CCCC1.[S]C1CCCC1.[S]C1CCCC1. The molecule has 0 saturated heterocycles. The van der Waals surface area contributed by atoms with Gasteiger partial charge in [-0.15, -0.1) is 0 Å². The topological polar surface area (TPSA) is 0 Å². The largest absolute Gasteiger partial charge is 0.269 e. The maximum atomic E-state index is 5.00. The summed E-state index contributed by atoms with van der Waals surface area (Å²) in [6.07, 6.45) is 16.1. The van der Waals surface area contributed by atoms with Crippen LogP contribution in [-0.4, -0.2) is 15.7 Å². The number of rotatable bonds is 0. The first-order valence-corrected chi connectivity index (χ1v) is 9.07. The van der Waals surface area contributed by atoms with E-state index in [0.717, 1.165) is 0 Å². The zero-order valence-corrected chi connectivity index (χ0v) is 15.1. The van der Waals surface area contributed by atoms with Crippen molar-refractivity contribution in [3.63, 3.8) is 0 Å². The Morgan fingerprint density at radius 3 is 0.571 bits per heavy atom. The molecule has 0 aromatic carbocycles. The minimum Gasteiger partial charge on any atom is -0.269 e. The van der Waals surface area contributed by atoms with E-state index in [2.05, 4.69) is 0 Å². The second-order valence-electron chi connectivity index (χ2n) is 5.72. The van der Waals surface area contributed by atoms with E-state index in [1.165, 1.54) is 77.0 Å². The highest BCUT2D eigenvalue weighted by molar-refractivity contribution is 7.81. The molecule has 0 aliphatic heterocycles. The molecule has 0 heterocycles. The van der Waals surface area contributed by atoms with Gasteiger partial charge in [0.25, 0.3) is 0 Å². The molecular weight excluding hydrogens is 333 g/mol. The summed E-state index contributed by atoms with van der Waals surface area (Å²) in [5.41, 5.74) is 0. The minimum absolute atomic E-state index is 0. The summed E-state index contributed by atoms with van der Waals surface area (Å²) in [5.74, 6) is 0. The van der Waals surface area contributed by atoms with E-state index in [-0.39, 0.29) is 14.1 Å². The molecule has 0 bridgehead atoms. The summed E-state index contributed by atoms with van der Waals surface area (Å²) >= 11 is 15.0. The standard InChI is InChI=1S/3C5H9S.3FH/c3*6-5-3-1-2-4-5;;;/h3*5H,1-4H2;3*1H. The molecule has 3 aliphatic carbocycles. The molecule has 0 aromatic rings. The summed E-state index contributed by atoms with van der Waals surface area (Å²) in [5, 5.41) is 1.89. The minimum atomic E-state index is 0. The second kappa shape index (κ2) is 17.2. The van der Waals surface area contributed by atoms with Crippen molar-refractivity contribution in [2.24, 2.45) is 0 Å². The molecule has 3 rings (SSSR count). The highest BCUT2D eigenvalue weighted by Crippen LogP contribution is 2.22. The fraction of sp³-hybridized carbons (Fsp3) is 1.00. The normalized spacial score (nSPS) is 21.9. The first kappa shape index (κ1) is 26.7. The van der Waals surface area contributed by atoms with Crippen LogP contribution in [0.15, 0.2) is 0 Å². The Morgan fingerprint density at radius 1 is 0.381 bits per heavy atom. The summed E-state index contributed by atoms with van der Waals surface area (Å²) in [6, 6.07) is 0. The lowest BCUT2D eigenvalue weighted by Gasteiger charge is -1.88. The van der Waals surface area contributed by atoms with Crippen molar-refractivity contribution in [1.29, 1.82) is 0 Å². The summed E-state index contributed by atoms with van der Waals surface area (Å²) in [6.45, 7) is 0. The highest BCUT2D eigenvalue weighted by atomic mass is 32.1. The van der Waals surface area contributed by atoms with E-state index in [1.807, 2.05) is 0 Å². The number of hydrogen-bond donors (Lipinski definition) is 0. The van der Waals surface area contributed by atoms with Crippen molar-refractivity contribution in [2.75, 3.05) is 0 Å². The third-order valence-corrected chi connectivity index (χ3v) is 5.32. The van der Waals surface area contributed by atoms with Crippen LogP contribution < -0.4 is 0 Å². The number of hydrogen-bond acceptors (Lipinski definition) is 0. The Morgan fingerprint density at radius 2 is 0.524 bits per heavy atom. The zero-order valence-electron chi connectivity index (χ0n) is 12.7. The molecule has 0 nitrogen and oxygen atoms in total. The van der Waals surface area contributed by atoms with Gasteiger partial charge in [0.2, 0.25) is 0 Å². The van der Waals surface area contributed by atoms with Gasteiger partial charge >= 0.3 is 0 Å². The van der Waals surface area contributed by atoms with E-state index in [0.29, 0.717) is 15.7 Å². The quantitative estimate of drug-likeness (QED) is 0.442. The van der Waals surface area contributed by atoms with Crippen molar-refractivity contribution in [3.8, 4) is 0 Å². The van der Waals surface area contributed by atoms with Crippen molar-refractivity contribution in [1.82, 2.24) is 0 Å². The van der Waals surface area contributed by atoms with Gasteiger partial charge in [0.05, 0.1) is 0 Å². The van der Waals surface area contributed by atoms with Crippen LogP contribution >= 0.6 is 37.9 Å². The fourth-order valence-electron chi connectivity index (χ4n) is 2.67. The predicted molar refractivity (Wildman–Crippen MR) is 97.1 cm³/mol. The van der Waals surface area contributed by atoms with Gasteiger partial charge < -0.3 is 0 Å². The van der Waals surface area contributed by atoms with Crippen molar-refractivity contribution in [2.45, 2.75) is 92.8 Å². The van der Waals surface area contributed by atoms with Gasteiger partial charge in [-0.2, -0.15) is 0 Å². The molecule has 0 atom stereocenters. The van der Waals surface area contributed by atoms with Gasteiger partial charge in [-0.1, -0.05) is 76.4 Å². The Labute approximate surface area is 144 Å². The number of halogens is 3. The average Bonchev–Trinajstić information content (AvgIpc) is 3.05. The highest BCUT2D eigenvalue weighted by Gasteiger charge is 2.10. The van der Waals surface area contributed by atoms with Crippen LogP contribution in [0, 0.1) is 0 Å². The summed E-state index contributed by atoms with van der Waals surface area (Å²) in [7, 11) is 0. The van der Waals surface area contributed by atoms with Crippen LogP contribution in [0.25, 0.3) is 0 Å². The van der Waals surface area contributed by atoms with Crippen LogP contribution in [0.4, 0.5) is 14.1 Å². The summed E-state index contributed by atoms with van der Waals surface area (Å²) in [4.78, 5) is 0. The molecule has 6 heteroatoms. The molecule has 3 radical (unpaired) electrons. The van der Waals surface area contributed by atoms with E-state index in [4.69, 9.17) is 37.9 Å². The van der Waals surface area contributed by atoms with Crippen molar-refractivity contribution < 1.29 is 14.1 Å². The van der Waals surface area contributed by atoms with Gasteiger partial charge in [0.1, 0.15) is 0 Å². The zero-order chi connectivity index (χ0) is 13.2. The van der Waals surface area contributed by atoms with Crippen LogP contribution in [0.1, 0.15) is 77.0 Å². The molecule has 0 N–H and O–H groups in total. The van der Waals surface area contributed by atoms with Gasteiger partial charge in [-0.05, 0) is 38.5 Å². The van der Waals surface area contributed by atoms with Crippen molar-refractivity contribution in [3.05, 3.63) is 0 Å². The maximum Gasteiger partial charge on any atom is 0.0151 e. The first-order valence-electron chi connectivity index (χ1n) is 7.66. The van der Waals surface area contributed by atoms with Crippen LogP contribution in [0.2, 0.25) is 0 Å². The van der Waals surface area contributed by atoms with Crippen LogP contribution in [0.5, 0.6) is 0 Å². The molecule has 0 unspecified atom stereocenters. The molecule has 3 aliphatic rings. The molecule has 129 valence electrons. The van der Waals surface area contributed by atoms with Crippen LogP contribution in [0.3, 0.4) is 0 Å². The smallest absolute Gasteiger partial charge is 0.0151 e. The maximum absolute atomic E-state index is 5.00. The van der Waals surface area contributed by atoms with E-state index < -0.39 is 0 Å². The summed E-state index contributed by atoms with van der Waals surface area (Å²) < 4.78 is 0. The van der Waals surface area contributed by atoms with Crippen molar-refractivity contribution >= 4 is 37.9 Å². The second-order valence-corrected chi connectivity index (χ2v) is 7.72. The Balaban J connectivity index is -0.000000216. The Kier molecular flexibility index (Phi) is 21.9. The van der Waals surface area contributed by atoms with E-state index in [1.54, 1.807) is 0 Å². The lowest BCUT2D eigenvalue weighted by atomic mass is 10.4. The van der Waals surface area contributed by atoms with Gasteiger partial charge in [0.15, 0.2) is 0 Å². The Bertz CT molecular complexity index is 157. The molecule has 3 saturated carbocycles. The van der Waals surface area contributed by atoms with Gasteiger partial charge in [-0.3, -0.25) is 14.1 Å². The predicted octanol–water partition coefficient (Wildman–Crippen LogP) is 6.84. The lowest BCUT2D eigenvalue weighted by molar-refractivity contribution is 0.886. The Hall–Kier alpha value is 0.840. The fourth-order valence-corrected chi connectivity index (χ4v) is 3.67. The molecular formula is C15H30F3S3. The van der Waals surface area contributed by atoms with Gasteiger partial charge in [0, 0.05) is 15.7 Å². The molecule has 0 amide bonds. The molecule has 21 heavy (non-hydrogen) atoms. The van der Waals surface area contributed by atoms with Gasteiger partial charge in [-0.25, -0.2) is 0 Å². The monoisotopic (exact) mass is 363 g/mol. The van der Waals surface area contributed by atoms with Crippen LogP contribution in [-0.2, 0) is 0 Å². The molecule has 0 spiro atoms. The lowest BCUT2D eigenvalue weighted by Crippen LogP contribution is -1.83. The third-order valence-electron chi connectivity index (χ3n) is 3.91. The first-order chi connectivity index (χ1) is 8.68. The van der Waals surface area contributed by atoms with E-state index >= 15 is 0 Å². The van der Waals surface area contributed by atoms with E-state index in [9.17, 15) is 0 Å². The average molecular weight is 364 g/mol. The molecule has 0 aromatic heterocycles. The third kappa shape index (κ3) is 15.5.